The van der Waals surface area contributed by atoms with E-state index in [1.54, 1.807) is 29.0 Å². The molecular weight excluding hydrogens is 289 g/mol. The van der Waals surface area contributed by atoms with Crippen molar-refractivity contribution in [2.45, 2.75) is 19.1 Å². The average molecular weight is 302 g/mol. The highest BCUT2D eigenvalue weighted by Gasteiger charge is 2.27. The van der Waals surface area contributed by atoms with E-state index < -0.39 is 17.7 Å². The van der Waals surface area contributed by atoms with Crippen molar-refractivity contribution in [2.24, 2.45) is 0 Å². The van der Waals surface area contributed by atoms with E-state index in [1.807, 2.05) is 0 Å². The molecule has 0 spiro atoms. The summed E-state index contributed by atoms with van der Waals surface area (Å²) < 4.78 is 41.9. The van der Waals surface area contributed by atoms with Crippen molar-refractivity contribution >= 4 is 16.6 Å². The lowest BCUT2D eigenvalue weighted by molar-refractivity contribution is -0.383. The zero-order chi connectivity index (χ0) is 15.5. The number of aromatic nitrogens is 1. The molecule has 0 fully saturated rings. The number of aryl methyl sites for hydroxylation is 1. The van der Waals surface area contributed by atoms with Gasteiger partial charge in [0.05, 0.1) is 4.92 Å². The second kappa shape index (κ2) is 6.13. The van der Waals surface area contributed by atoms with Crippen molar-refractivity contribution < 1.29 is 22.8 Å². The largest absolute Gasteiger partial charge is 0.411 e. The number of ether oxygens (including phenoxy) is 1. The molecule has 5 nitrogen and oxygen atoms in total. The van der Waals surface area contributed by atoms with Gasteiger partial charge >= 0.3 is 6.18 Å². The highest BCUT2D eigenvalue weighted by atomic mass is 19.4. The molecule has 0 atom stereocenters. The lowest BCUT2D eigenvalue weighted by Crippen LogP contribution is -2.17. The number of nitrogens with zero attached hydrogens (tertiary/aromatic N) is 2. The fourth-order valence-corrected chi connectivity index (χ4v) is 2.10. The number of hydrogen-bond acceptors (Lipinski definition) is 3. The molecule has 0 saturated carbocycles. The van der Waals surface area contributed by atoms with E-state index in [2.05, 4.69) is 4.74 Å². The Balaban J connectivity index is 2.01. The molecule has 0 aliphatic rings. The number of fused-ring (bicyclic) bond motifs is 1. The van der Waals surface area contributed by atoms with E-state index in [0.717, 1.165) is 5.39 Å². The lowest BCUT2D eigenvalue weighted by Gasteiger charge is -2.08. The predicted octanol–water partition coefficient (Wildman–Crippen LogP) is 3.52. The third-order valence-electron chi connectivity index (χ3n) is 2.92. The predicted molar refractivity (Wildman–Crippen MR) is 70.1 cm³/mol. The molecule has 114 valence electrons. The first-order valence-corrected chi connectivity index (χ1v) is 6.25. The lowest BCUT2D eigenvalue weighted by atomic mass is 10.2. The summed E-state index contributed by atoms with van der Waals surface area (Å²) in [5.74, 6) is 0. The zero-order valence-corrected chi connectivity index (χ0v) is 11.0. The Bertz CT molecular complexity index is 637. The number of benzene rings is 1. The van der Waals surface area contributed by atoms with Crippen LogP contribution in [0.1, 0.15) is 6.42 Å². The molecule has 2 aromatic rings. The number of para-hydroxylation sites is 1. The van der Waals surface area contributed by atoms with E-state index in [-0.39, 0.29) is 12.3 Å². The topological polar surface area (TPSA) is 57.3 Å². The maximum Gasteiger partial charge on any atom is 0.411 e. The van der Waals surface area contributed by atoms with Gasteiger partial charge in [-0.3, -0.25) is 10.1 Å². The second-order valence-corrected chi connectivity index (χ2v) is 4.50. The van der Waals surface area contributed by atoms with Crippen molar-refractivity contribution in [3.63, 3.8) is 0 Å². The first kappa shape index (κ1) is 15.3. The van der Waals surface area contributed by atoms with Crippen LogP contribution in [-0.4, -0.2) is 28.9 Å². The van der Waals surface area contributed by atoms with E-state index in [4.69, 9.17) is 0 Å². The van der Waals surface area contributed by atoms with E-state index in [0.29, 0.717) is 18.5 Å². The standard InChI is InChI=1S/C13H13F3N2O3/c14-13(15,16)9-21-8-2-6-17-7-5-10-3-1-4-11(12(10)17)18(19)20/h1,3-5,7H,2,6,8-9H2. The Labute approximate surface area is 118 Å². The van der Waals surface area contributed by atoms with Crippen LogP contribution in [0.5, 0.6) is 0 Å². The van der Waals surface area contributed by atoms with Crippen molar-refractivity contribution in [3.05, 3.63) is 40.6 Å². The van der Waals surface area contributed by atoms with Crippen LogP contribution >= 0.6 is 0 Å². The van der Waals surface area contributed by atoms with Crippen molar-refractivity contribution in [2.75, 3.05) is 13.2 Å². The number of hydrogen-bond donors (Lipinski definition) is 0. The molecule has 0 aliphatic heterocycles. The molecule has 0 unspecified atom stereocenters. The SMILES string of the molecule is O=[N+]([O-])c1cccc2ccn(CCCOCC(F)(F)F)c12. The second-order valence-electron chi connectivity index (χ2n) is 4.50. The van der Waals surface area contributed by atoms with Gasteiger partial charge in [-0.2, -0.15) is 13.2 Å². The Hall–Kier alpha value is -2.09. The number of nitro groups is 1. The minimum Gasteiger partial charge on any atom is -0.372 e. The van der Waals surface area contributed by atoms with Crippen LogP contribution < -0.4 is 0 Å². The summed E-state index contributed by atoms with van der Waals surface area (Å²) in [5, 5.41) is 11.7. The molecule has 1 heterocycles. The van der Waals surface area contributed by atoms with Crippen LogP contribution in [0.3, 0.4) is 0 Å². The van der Waals surface area contributed by atoms with Crippen LogP contribution in [0.25, 0.3) is 10.9 Å². The molecule has 1 aromatic heterocycles. The molecule has 0 amide bonds. The molecule has 8 heteroatoms. The summed E-state index contributed by atoms with van der Waals surface area (Å²) >= 11 is 0. The fraction of sp³-hybridized carbons (Fsp3) is 0.385. The van der Waals surface area contributed by atoms with Gasteiger partial charge in [0.25, 0.3) is 5.69 Å². The third kappa shape index (κ3) is 3.94. The molecule has 1 aromatic carbocycles. The quantitative estimate of drug-likeness (QED) is 0.466. The Morgan fingerprint density at radius 1 is 1.29 bits per heavy atom. The Morgan fingerprint density at radius 3 is 2.71 bits per heavy atom. The minimum absolute atomic E-state index is 0.0197. The molecule has 21 heavy (non-hydrogen) atoms. The molecule has 0 N–H and O–H groups in total. The third-order valence-corrected chi connectivity index (χ3v) is 2.92. The molecule has 0 saturated heterocycles. The van der Waals surface area contributed by atoms with Gasteiger partial charge in [0.1, 0.15) is 12.1 Å². The Morgan fingerprint density at radius 2 is 2.05 bits per heavy atom. The normalized spacial score (nSPS) is 12.0. The summed E-state index contributed by atoms with van der Waals surface area (Å²) in [6.07, 6.45) is -2.31. The minimum atomic E-state index is -4.33. The van der Waals surface area contributed by atoms with Crippen molar-refractivity contribution in [1.29, 1.82) is 0 Å². The van der Waals surface area contributed by atoms with Crippen molar-refractivity contribution in [3.8, 4) is 0 Å². The summed E-state index contributed by atoms with van der Waals surface area (Å²) in [6, 6.07) is 6.48. The van der Waals surface area contributed by atoms with Gasteiger partial charge in [-0.25, -0.2) is 0 Å². The molecule has 0 aliphatic carbocycles. The highest BCUT2D eigenvalue weighted by Crippen LogP contribution is 2.26. The first-order valence-electron chi connectivity index (χ1n) is 6.25. The fourth-order valence-electron chi connectivity index (χ4n) is 2.10. The molecular formula is C13H13F3N2O3. The monoisotopic (exact) mass is 302 g/mol. The number of halogens is 3. The van der Waals surface area contributed by atoms with Gasteiger partial charge in [-0.15, -0.1) is 0 Å². The first-order chi connectivity index (χ1) is 9.88. The summed E-state index contributed by atoms with van der Waals surface area (Å²) in [6.45, 7) is -0.981. The molecule has 0 bridgehead atoms. The zero-order valence-electron chi connectivity index (χ0n) is 11.0. The van der Waals surface area contributed by atoms with E-state index >= 15 is 0 Å². The van der Waals surface area contributed by atoms with Gasteiger partial charge in [-0.05, 0) is 12.5 Å². The van der Waals surface area contributed by atoms with Crippen LogP contribution in [0.2, 0.25) is 0 Å². The summed E-state index contributed by atoms with van der Waals surface area (Å²) in [4.78, 5) is 10.5. The van der Waals surface area contributed by atoms with Crippen LogP contribution in [0.15, 0.2) is 30.5 Å². The summed E-state index contributed by atoms with van der Waals surface area (Å²) in [7, 11) is 0. The van der Waals surface area contributed by atoms with E-state index in [9.17, 15) is 23.3 Å². The van der Waals surface area contributed by atoms with Crippen LogP contribution in [0.4, 0.5) is 18.9 Å². The number of nitro benzene ring substituents is 1. The van der Waals surface area contributed by atoms with E-state index in [1.165, 1.54) is 6.07 Å². The van der Waals surface area contributed by atoms with Crippen LogP contribution in [-0.2, 0) is 11.3 Å². The summed E-state index contributed by atoms with van der Waals surface area (Å²) in [5.41, 5.74) is 0.451. The smallest absolute Gasteiger partial charge is 0.372 e. The number of non-ortho nitro benzene ring substituents is 1. The maximum atomic E-state index is 11.9. The highest BCUT2D eigenvalue weighted by molar-refractivity contribution is 5.88. The molecule has 2 rings (SSSR count). The van der Waals surface area contributed by atoms with Crippen molar-refractivity contribution in [1.82, 2.24) is 4.57 Å². The van der Waals surface area contributed by atoms with Gasteiger partial charge in [0.2, 0.25) is 0 Å². The van der Waals surface area contributed by atoms with Gasteiger partial charge < -0.3 is 9.30 Å². The van der Waals surface area contributed by atoms with Gasteiger partial charge in [0.15, 0.2) is 0 Å². The van der Waals surface area contributed by atoms with Gasteiger partial charge in [0, 0.05) is 30.8 Å². The molecule has 0 radical (unpaired) electrons. The van der Waals surface area contributed by atoms with Crippen LogP contribution in [0, 0.1) is 10.1 Å². The number of rotatable bonds is 6. The number of alkyl halides is 3. The Kier molecular flexibility index (Phi) is 4.46. The maximum absolute atomic E-state index is 11.9. The van der Waals surface area contributed by atoms with Gasteiger partial charge in [-0.1, -0.05) is 12.1 Å². The average Bonchev–Trinajstić information content (AvgIpc) is 2.80.